The third-order valence-electron chi connectivity index (χ3n) is 4.63. The SMILES string of the molecule is COCCCNC(=O)c1cc(Cc2ccc(-n3cccn3)cc2)c2sccc2n1. The summed E-state index contributed by atoms with van der Waals surface area (Å²) in [5.41, 5.74) is 4.62. The molecule has 29 heavy (non-hydrogen) atoms. The third kappa shape index (κ3) is 4.52. The van der Waals surface area contributed by atoms with Gasteiger partial charge >= 0.3 is 0 Å². The number of fused-ring (bicyclic) bond motifs is 1. The van der Waals surface area contributed by atoms with E-state index in [9.17, 15) is 4.79 Å². The number of rotatable bonds is 8. The normalized spacial score (nSPS) is 11.1. The van der Waals surface area contributed by atoms with Crippen molar-refractivity contribution in [2.24, 2.45) is 0 Å². The van der Waals surface area contributed by atoms with Crippen molar-refractivity contribution < 1.29 is 9.53 Å². The maximum absolute atomic E-state index is 12.5. The highest BCUT2D eigenvalue weighted by molar-refractivity contribution is 7.17. The number of ether oxygens (including phenoxy) is 1. The summed E-state index contributed by atoms with van der Waals surface area (Å²) >= 11 is 1.65. The number of hydrogen-bond donors (Lipinski definition) is 1. The maximum atomic E-state index is 12.5. The first kappa shape index (κ1) is 19.3. The van der Waals surface area contributed by atoms with Crippen LogP contribution in [0.2, 0.25) is 0 Å². The number of carbonyl (C=O) groups is 1. The molecule has 6 nitrogen and oxygen atoms in total. The number of carbonyl (C=O) groups excluding carboxylic acids is 1. The summed E-state index contributed by atoms with van der Waals surface area (Å²) in [7, 11) is 1.65. The standard InChI is InChI=1S/C22H22N4O2S/c1-28-12-3-9-23-22(27)20-15-17(21-19(25-20)8-13-29-21)14-16-4-6-18(7-5-16)26-11-2-10-24-26/h2,4-8,10-11,13,15H,3,9,12,14H2,1H3,(H,23,27). The van der Waals surface area contributed by atoms with Gasteiger partial charge in [0.25, 0.3) is 5.91 Å². The van der Waals surface area contributed by atoms with Gasteiger partial charge < -0.3 is 10.1 Å². The van der Waals surface area contributed by atoms with Gasteiger partial charge in [0.1, 0.15) is 5.69 Å². The highest BCUT2D eigenvalue weighted by Gasteiger charge is 2.13. The Bertz CT molecular complexity index is 1090. The minimum Gasteiger partial charge on any atom is -0.385 e. The number of hydrogen-bond acceptors (Lipinski definition) is 5. The molecule has 0 aliphatic carbocycles. The van der Waals surface area contributed by atoms with E-state index in [4.69, 9.17) is 4.74 Å². The topological polar surface area (TPSA) is 69.0 Å². The van der Waals surface area contributed by atoms with E-state index in [-0.39, 0.29) is 5.91 Å². The monoisotopic (exact) mass is 406 g/mol. The molecule has 0 unspecified atom stereocenters. The van der Waals surface area contributed by atoms with Crippen LogP contribution in [0.4, 0.5) is 0 Å². The molecule has 1 amide bonds. The highest BCUT2D eigenvalue weighted by Crippen LogP contribution is 2.26. The fourth-order valence-corrected chi connectivity index (χ4v) is 4.04. The molecule has 0 spiro atoms. The summed E-state index contributed by atoms with van der Waals surface area (Å²) in [4.78, 5) is 17.1. The van der Waals surface area contributed by atoms with Crippen LogP contribution in [0.1, 0.15) is 28.0 Å². The van der Waals surface area contributed by atoms with Gasteiger partial charge in [0, 0.05) is 32.7 Å². The molecule has 1 N–H and O–H groups in total. The number of nitrogens with zero attached hydrogens (tertiary/aromatic N) is 3. The fraction of sp³-hybridized carbons (Fsp3) is 0.227. The molecule has 0 saturated carbocycles. The number of methoxy groups -OCH3 is 1. The van der Waals surface area contributed by atoms with Crippen LogP contribution in [0.25, 0.3) is 15.9 Å². The molecule has 4 rings (SSSR count). The van der Waals surface area contributed by atoms with Gasteiger partial charge in [0.15, 0.2) is 0 Å². The van der Waals surface area contributed by atoms with Gasteiger partial charge in [0.2, 0.25) is 0 Å². The van der Waals surface area contributed by atoms with Gasteiger partial charge in [-0.2, -0.15) is 5.10 Å². The molecule has 7 heteroatoms. The number of nitrogens with one attached hydrogen (secondary N) is 1. The minimum atomic E-state index is -0.149. The zero-order valence-electron chi connectivity index (χ0n) is 16.2. The van der Waals surface area contributed by atoms with Gasteiger partial charge in [0.05, 0.1) is 15.9 Å². The van der Waals surface area contributed by atoms with Crippen molar-refractivity contribution in [3.8, 4) is 5.69 Å². The molecule has 0 aliphatic heterocycles. The van der Waals surface area contributed by atoms with Crippen molar-refractivity contribution >= 4 is 27.5 Å². The second kappa shape index (κ2) is 8.98. The summed E-state index contributed by atoms with van der Waals surface area (Å²) in [5.74, 6) is -0.149. The average molecular weight is 407 g/mol. The molecule has 4 aromatic rings. The summed E-state index contributed by atoms with van der Waals surface area (Å²) in [6, 6.07) is 14.1. The molecule has 3 aromatic heterocycles. The number of benzene rings is 1. The Morgan fingerprint density at radius 1 is 1.24 bits per heavy atom. The van der Waals surface area contributed by atoms with Gasteiger partial charge in [-0.1, -0.05) is 12.1 Å². The molecular formula is C22H22N4O2S. The summed E-state index contributed by atoms with van der Waals surface area (Å²) in [5, 5.41) is 9.19. The Morgan fingerprint density at radius 2 is 2.10 bits per heavy atom. The maximum Gasteiger partial charge on any atom is 0.269 e. The zero-order chi connectivity index (χ0) is 20.1. The van der Waals surface area contributed by atoms with Crippen LogP contribution in [0.15, 0.2) is 60.2 Å². The number of amides is 1. The Kier molecular flexibility index (Phi) is 5.97. The van der Waals surface area contributed by atoms with E-state index in [1.165, 1.54) is 5.56 Å². The molecule has 0 aliphatic rings. The lowest BCUT2D eigenvalue weighted by Crippen LogP contribution is -2.26. The third-order valence-corrected chi connectivity index (χ3v) is 5.61. The van der Waals surface area contributed by atoms with E-state index in [0.717, 1.165) is 34.3 Å². The lowest BCUT2D eigenvalue weighted by molar-refractivity contribution is 0.0944. The van der Waals surface area contributed by atoms with Crippen molar-refractivity contribution in [2.45, 2.75) is 12.8 Å². The molecule has 3 heterocycles. The molecular weight excluding hydrogens is 384 g/mol. The fourth-order valence-electron chi connectivity index (χ4n) is 3.19. The molecule has 1 aromatic carbocycles. The summed E-state index contributed by atoms with van der Waals surface area (Å²) < 4.78 is 7.98. The smallest absolute Gasteiger partial charge is 0.269 e. The van der Waals surface area contributed by atoms with Crippen molar-refractivity contribution in [1.29, 1.82) is 0 Å². The Balaban J connectivity index is 1.55. The van der Waals surface area contributed by atoms with Crippen molar-refractivity contribution in [1.82, 2.24) is 20.1 Å². The van der Waals surface area contributed by atoms with E-state index < -0.39 is 0 Å². The Hall–Kier alpha value is -3.03. The molecule has 0 saturated heterocycles. The van der Waals surface area contributed by atoms with Crippen LogP contribution < -0.4 is 5.32 Å². The second-order valence-corrected chi connectivity index (χ2v) is 7.61. The number of thiophene rings is 1. The van der Waals surface area contributed by atoms with Crippen LogP contribution in [-0.4, -0.2) is 40.9 Å². The zero-order valence-corrected chi connectivity index (χ0v) is 17.0. The first-order chi connectivity index (χ1) is 14.2. The number of aromatic nitrogens is 3. The van der Waals surface area contributed by atoms with E-state index in [0.29, 0.717) is 18.8 Å². The average Bonchev–Trinajstić information content (AvgIpc) is 3.43. The van der Waals surface area contributed by atoms with E-state index in [2.05, 4.69) is 39.7 Å². The first-order valence-corrected chi connectivity index (χ1v) is 10.4. The van der Waals surface area contributed by atoms with Gasteiger partial charge in [-0.15, -0.1) is 11.3 Å². The Labute approximate surface area is 173 Å². The van der Waals surface area contributed by atoms with Crippen molar-refractivity contribution in [3.63, 3.8) is 0 Å². The van der Waals surface area contributed by atoms with Crippen LogP contribution in [0, 0.1) is 0 Å². The van der Waals surface area contributed by atoms with Crippen molar-refractivity contribution in [3.05, 3.63) is 77.1 Å². The highest BCUT2D eigenvalue weighted by atomic mass is 32.1. The molecule has 0 fully saturated rings. The predicted octanol–water partition coefficient (Wildman–Crippen LogP) is 3.84. The van der Waals surface area contributed by atoms with Gasteiger partial charge in [-0.3, -0.25) is 4.79 Å². The number of pyridine rings is 1. The van der Waals surface area contributed by atoms with Crippen LogP contribution in [-0.2, 0) is 11.2 Å². The Morgan fingerprint density at radius 3 is 2.86 bits per heavy atom. The van der Waals surface area contributed by atoms with E-state index >= 15 is 0 Å². The van der Waals surface area contributed by atoms with Crippen molar-refractivity contribution in [2.75, 3.05) is 20.3 Å². The quantitative estimate of drug-likeness (QED) is 0.452. The molecule has 0 atom stereocenters. The van der Waals surface area contributed by atoms with Crippen LogP contribution >= 0.6 is 11.3 Å². The summed E-state index contributed by atoms with van der Waals surface area (Å²) in [6.45, 7) is 1.19. The van der Waals surface area contributed by atoms with Gasteiger partial charge in [-0.25, -0.2) is 9.67 Å². The lowest BCUT2D eigenvalue weighted by Gasteiger charge is -2.09. The first-order valence-electron chi connectivity index (χ1n) is 9.48. The summed E-state index contributed by atoms with van der Waals surface area (Å²) in [6.07, 6.45) is 5.20. The predicted molar refractivity (Wildman–Crippen MR) is 115 cm³/mol. The second-order valence-electron chi connectivity index (χ2n) is 6.70. The molecule has 0 radical (unpaired) electrons. The molecule has 0 bridgehead atoms. The van der Waals surface area contributed by atoms with E-state index in [1.807, 2.05) is 34.5 Å². The van der Waals surface area contributed by atoms with E-state index in [1.54, 1.807) is 24.6 Å². The van der Waals surface area contributed by atoms with Crippen LogP contribution in [0.5, 0.6) is 0 Å². The van der Waals surface area contributed by atoms with Crippen LogP contribution in [0.3, 0.4) is 0 Å². The minimum absolute atomic E-state index is 0.149. The lowest BCUT2D eigenvalue weighted by atomic mass is 10.0. The largest absolute Gasteiger partial charge is 0.385 e. The molecule has 148 valence electrons. The van der Waals surface area contributed by atoms with Gasteiger partial charge in [-0.05, 0) is 59.7 Å².